The molecule has 37 heavy (non-hydrogen) atoms. The highest BCUT2D eigenvalue weighted by atomic mass is 19.4. The summed E-state index contributed by atoms with van der Waals surface area (Å²) in [7, 11) is 6.92. The van der Waals surface area contributed by atoms with E-state index >= 15 is 0 Å². The number of aryl methyl sites for hydroxylation is 1. The van der Waals surface area contributed by atoms with Gasteiger partial charge in [0.05, 0.1) is 42.0 Å². The van der Waals surface area contributed by atoms with Gasteiger partial charge in [0.25, 0.3) is 5.56 Å². The standard InChI is InChI=1S/C21H22N6O3.C2HF3O2/c1-11-12-9-16(29-4)17(30-5)10-14(12)24-20(22-11)26-21-23-13-7-6-8-15(27(2)3)18(13)19(28)25-21;3-2(4,5)1(6)7/h6-10H,1-5H3,(H2,22,23,24,25,26,28);(H,6,7). The highest BCUT2D eigenvalue weighted by Gasteiger charge is 2.38. The van der Waals surface area contributed by atoms with Crippen molar-refractivity contribution in [3.63, 3.8) is 0 Å². The lowest BCUT2D eigenvalue weighted by molar-refractivity contribution is -0.192. The zero-order valence-electron chi connectivity index (χ0n) is 20.4. The first-order chi connectivity index (χ1) is 17.3. The highest BCUT2D eigenvalue weighted by Crippen LogP contribution is 2.33. The Bertz CT molecular complexity index is 1520. The van der Waals surface area contributed by atoms with Gasteiger partial charge in [0, 0.05) is 25.5 Å². The number of aliphatic carboxylic acids is 1. The molecule has 11 nitrogen and oxygen atoms in total. The fourth-order valence-electron chi connectivity index (χ4n) is 3.37. The molecule has 0 aliphatic rings. The molecule has 14 heteroatoms. The summed E-state index contributed by atoms with van der Waals surface area (Å²) >= 11 is 0. The molecule has 4 aromatic rings. The Morgan fingerprint density at radius 3 is 2.24 bits per heavy atom. The molecule has 0 spiro atoms. The molecule has 0 atom stereocenters. The van der Waals surface area contributed by atoms with Crippen LogP contribution in [0.5, 0.6) is 11.5 Å². The summed E-state index contributed by atoms with van der Waals surface area (Å²) in [4.78, 5) is 39.8. The van der Waals surface area contributed by atoms with E-state index in [0.717, 1.165) is 16.8 Å². The van der Waals surface area contributed by atoms with E-state index in [0.29, 0.717) is 33.9 Å². The van der Waals surface area contributed by atoms with Crippen LogP contribution in [-0.2, 0) is 4.79 Å². The number of aromatic amines is 1. The smallest absolute Gasteiger partial charge is 0.490 e. The number of halogens is 3. The zero-order chi connectivity index (χ0) is 27.5. The number of carboxylic acid groups (broad SMARTS) is 1. The second-order valence-electron chi connectivity index (χ2n) is 7.77. The number of nitrogens with one attached hydrogen (secondary N) is 2. The third-order valence-electron chi connectivity index (χ3n) is 5.06. The van der Waals surface area contributed by atoms with E-state index in [2.05, 4.69) is 25.3 Å². The molecular weight excluding hydrogens is 497 g/mol. The van der Waals surface area contributed by atoms with Crippen LogP contribution in [0.15, 0.2) is 35.1 Å². The number of methoxy groups -OCH3 is 2. The summed E-state index contributed by atoms with van der Waals surface area (Å²) in [6.45, 7) is 1.88. The van der Waals surface area contributed by atoms with Crippen molar-refractivity contribution in [1.29, 1.82) is 0 Å². The highest BCUT2D eigenvalue weighted by molar-refractivity contribution is 5.91. The maximum atomic E-state index is 12.7. The van der Waals surface area contributed by atoms with Crippen molar-refractivity contribution in [3.05, 3.63) is 46.4 Å². The van der Waals surface area contributed by atoms with Gasteiger partial charge in [0.1, 0.15) is 0 Å². The molecule has 4 rings (SSSR count). The van der Waals surface area contributed by atoms with Crippen LogP contribution in [0.25, 0.3) is 21.8 Å². The lowest BCUT2D eigenvalue weighted by atomic mass is 10.1. The van der Waals surface area contributed by atoms with Crippen LogP contribution in [0, 0.1) is 6.92 Å². The van der Waals surface area contributed by atoms with E-state index in [1.54, 1.807) is 26.4 Å². The molecule has 2 aromatic carbocycles. The van der Waals surface area contributed by atoms with Crippen LogP contribution < -0.4 is 25.2 Å². The van der Waals surface area contributed by atoms with Gasteiger partial charge in [-0.15, -0.1) is 0 Å². The molecule has 2 heterocycles. The van der Waals surface area contributed by atoms with Gasteiger partial charge in [-0.1, -0.05) is 6.07 Å². The summed E-state index contributed by atoms with van der Waals surface area (Å²) in [6, 6.07) is 9.17. The molecule has 0 radical (unpaired) electrons. The Labute approximate surface area is 207 Å². The molecule has 0 amide bonds. The Morgan fingerprint density at radius 1 is 1.05 bits per heavy atom. The second-order valence-corrected chi connectivity index (χ2v) is 7.77. The number of aromatic nitrogens is 4. The van der Waals surface area contributed by atoms with Crippen molar-refractivity contribution >= 4 is 45.4 Å². The lowest BCUT2D eigenvalue weighted by Crippen LogP contribution is -2.21. The number of carboxylic acids is 1. The molecule has 0 fully saturated rings. The van der Waals surface area contributed by atoms with E-state index in [1.165, 1.54) is 0 Å². The number of nitrogens with zero attached hydrogens (tertiary/aromatic N) is 4. The van der Waals surface area contributed by atoms with Crippen molar-refractivity contribution in [3.8, 4) is 11.5 Å². The second kappa shape index (κ2) is 10.6. The minimum Gasteiger partial charge on any atom is -0.493 e. The van der Waals surface area contributed by atoms with Crippen molar-refractivity contribution in [2.75, 3.05) is 38.5 Å². The van der Waals surface area contributed by atoms with Crippen LogP contribution in [0.3, 0.4) is 0 Å². The fraction of sp³-hybridized carbons (Fsp3) is 0.261. The van der Waals surface area contributed by atoms with Gasteiger partial charge < -0.3 is 19.5 Å². The average Bonchev–Trinajstić information content (AvgIpc) is 2.82. The molecule has 3 N–H and O–H groups in total. The summed E-state index contributed by atoms with van der Waals surface area (Å²) in [5.74, 6) is -0.995. The monoisotopic (exact) mass is 520 g/mol. The quantitative estimate of drug-likeness (QED) is 0.357. The van der Waals surface area contributed by atoms with E-state index in [-0.39, 0.29) is 11.5 Å². The predicted molar refractivity (Wildman–Crippen MR) is 131 cm³/mol. The Hall–Kier alpha value is -4.62. The number of carbonyl (C=O) groups is 1. The number of benzene rings is 2. The third kappa shape index (κ3) is 5.97. The fourth-order valence-corrected chi connectivity index (χ4v) is 3.37. The van der Waals surface area contributed by atoms with Gasteiger partial charge in [0.2, 0.25) is 11.9 Å². The third-order valence-corrected chi connectivity index (χ3v) is 5.06. The normalized spacial score (nSPS) is 11.0. The van der Waals surface area contributed by atoms with Gasteiger partial charge in [-0.2, -0.15) is 13.2 Å². The SMILES string of the molecule is COc1cc2nc(Nc3nc4cccc(N(C)C)c4c(=O)[nH]3)nc(C)c2cc1OC.O=C(O)C(F)(F)F. The molecule has 0 saturated heterocycles. The van der Waals surface area contributed by atoms with Gasteiger partial charge >= 0.3 is 12.1 Å². The minimum atomic E-state index is -5.08. The van der Waals surface area contributed by atoms with Crippen molar-refractivity contribution in [1.82, 2.24) is 19.9 Å². The molecule has 0 aliphatic carbocycles. The molecule has 2 aromatic heterocycles. The number of H-pyrrole nitrogens is 1. The molecule has 0 bridgehead atoms. The maximum Gasteiger partial charge on any atom is 0.490 e. The number of fused-ring (bicyclic) bond motifs is 2. The lowest BCUT2D eigenvalue weighted by Gasteiger charge is -2.15. The van der Waals surface area contributed by atoms with E-state index < -0.39 is 12.1 Å². The summed E-state index contributed by atoms with van der Waals surface area (Å²) in [5.41, 5.74) is 2.57. The first-order valence-corrected chi connectivity index (χ1v) is 10.5. The topological polar surface area (TPSA) is 143 Å². The van der Waals surface area contributed by atoms with Gasteiger partial charge in [-0.05, 0) is 25.1 Å². The van der Waals surface area contributed by atoms with Gasteiger partial charge in [-0.3, -0.25) is 15.1 Å². The summed E-state index contributed by atoms with van der Waals surface area (Å²) in [5, 5.41) is 11.5. The van der Waals surface area contributed by atoms with Crippen LogP contribution >= 0.6 is 0 Å². The molecule has 196 valence electrons. The van der Waals surface area contributed by atoms with E-state index in [4.69, 9.17) is 19.4 Å². The molecule has 0 saturated carbocycles. The van der Waals surface area contributed by atoms with Crippen molar-refractivity contribution in [2.24, 2.45) is 0 Å². The number of rotatable bonds is 5. The summed E-state index contributed by atoms with van der Waals surface area (Å²) < 4.78 is 42.5. The van der Waals surface area contributed by atoms with Crippen LogP contribution in [0.1, 0.15) is 5.69 Å². The Morgan fingerprint density at radius 2 is 1.68 bits per heavy atom. The number of ether oxygens (including phenoxy) is 2. The molecule has 0 aliphatic heterocycles. The Kier molecular flexibility index (Phi) is 7.70. The van der Waals surface area contributed by atoms with Crippen LogP contribution in [0.2, 0.25) is 0 Å². The number of hydrogen-bond donors (Lipinski definition) is 3. The van der Waals surface area contributed by atoms with Crippen molar-refractivity contribution in [2.45, 2.75) is 13.1 Å². The minimum absolute atomic E-state index is 0.240. The first kappa shape index (κ1) is 27.0. The number of alkyl halides is 3. The van der Waals surface area contributed by atoms with E-state index in [9.17, 15) is 18.0 Å². The number of hydrogen-bond acceptors (Lipinski definition) is 9. The number of anilines is 3. The van der Waals surface area contributed by atoms with Gasteiger partial charge in [0.15, 0.2) is 11.5 Å². The zero-order valence-corrected chi connectivity index (χ0v) is 20.4. The summed E-state index contributed by atoms with van der Waals surface area (Å²) in [6.07, 6.45) is -5.08. The Balaban J connectivity index is 0.000000479. The largest absolute Gasteiger partial charge is 0.493 e. The van der Waals surface area contributed by atoms with Crippen LogP contribution in [0.4, 0.5) is 30.8 Å². The predicted octanol–water partition coefficient (Wildman–Crippen LogP) is 3.63. The average molecular weight is 520 g/mol. The molecular formula is C23H23F3N6O5. The van der Waals surface area contributed by atoms with Gasteiger partial charge in [-0.25, -0.2) is 19.7 Å². The van der Waals surface area contributed by atoms with E-state index in [1.807, 2.05) is 44.1 Å². The molecule has 0 unspecified atom stereocenters. The first-order valence-electron chi connectivity index (χ1n) is 10.5. The van der Waals surface area contributed by atoms with Crippen LogP contribution in [-0.4, -0.2) is 65.5 Å². The maximum absolute atomic E-state index is 12.7. The van der Waals surface area contributed by atoms with Crippen molar-refractivity contribution < 1.29 is 32.5 Å².